The molecule has 3 aromatic carbocycles. The summed E-state index contributed by atoms with van der Waals surface area (Å²) >= 11 is 0. The van der Waals surface area contributed by atoms with Crippen LogP contribution in [-0.2, 0) is 6.42 Å². The monoisotopic (exact) mass is 352 g/mol. The fourth-order valence-corrected chi connectivity index (χ4v) is 2.69. The van der Waals surface area contributed by atoms with Crippen LogP contribution in [0.15, 0.2) is 66.7 Å². The molecule has 0 unspecified atom stereocenters. The number of halogens is 1. The zero-order valence-corrected chi connectivity index (χ0v) is 15.6. The molecule has 0 N–H and O–H groups in total. The fraction of sp³-hybridized carbons (Fsp3) is 0.154. The van der Waals surface area contributed by atoms with E-state index in [1.807, 2.05) is 37.3 Å². The molecule has 0 nitrogen and oxygen atoms in total. The van der Waals surface area contributed by atoms with E-state index >= 15 is 0 Å². The second-order valence-corrected chi connectivity index (χ2v) is 6.51. The molecule has 0 atom stereocenters. The zero-order chi connectivity index (χ0) is 19.1. The van der Waals surface area contributed by atoms with E-state index in [9.17, 15) is 4.39 Å². The molecule has 0 fully saturated rings. The third kappa shape index (κ3) is 5.34. The van der Waals surface area contributed by atoms with Crippen LogP contribution in [0.2, 0.25) is 0 Å². The Bertz CT molecular complexity index is 1030. The minimum absolute atomic E-state index is 0.282. The van der Waals surface area contributed by atoms with Crippen molar-refractivity contribution in [2.75, 3.05) is 0 Å². The lowest BCUT2D eigenvalue weighted by molar-refractivity contribution is 0.623. The highest BCUT2D eigenvalue weighted by molar-refractivity contribution is 5.48. The van der Waals surface area contributed by atoms with Crippen molar-refractivity contribution in [1.82, 2.24) is 0 Å². The summed E-state index contributed by atoms with van der Waals surface area (Å²) in [5, 5.41) is 0. The van der Waals surface area contributed by atoms with Gasteiger partial charge in [0.15, 0.2) is 0 Å². The number of aryl methyl sites for hydroxylation is 2. The maximum Gasteiger partial charge on any atom is 0.139 e. The third-order valence-electron chi connectivity index (χ3n) is 4.19. The minimum Gasteiger partial charge on any atom is -0.206 e. The first-order valence-electron chi connectivity index (χ1n) is 9.13. The predicted molar refractivity (Wildman–Crippen MR) is 110 cm³/mol. The molecule has 0 amide bonds. The van der Waals surface area contributed by atoms with Crippen LogP contribution in [0, 0.1) is 36.4 Å². The van der Waals surface area contributed by atoms with Gasteiger partial charge in [-0.25, -0.2) is 4.39 Å². The Balaban J connectivity index is 1.70. The normalized spacial score (nSPS) is 9.74. The van der Waals surface area contributed by atoms with Gasteiger partial charge in [0.2, 0.25) is 0 Å². The molecule has 0 saturated heterocycles. The second-order valence-electron chi connectivity index (χ2n) is 6.51. The molecule has 27 heavy (non-hydrogen) atoms. The maximum absolute atomic E-state index is 13.8. The molecule has 132 valence electrons. The Labute approximate surface area is 161 Å². The highest BCUT2D eigenvalue weighted by Gasteiger charge is 1.98. The van der Waals surface area contributed by atoms with Crippen molar-refractivity contribution in [2.24, 2.45) is 0 Å². The maximum atomic E-state index is 13.8. The van der Waals surface area contributed by atoms with Crippen LogP contribution in [0.3, 0.4) is 0 Å². The summed E-state index contributed by atoms with van der Waals surface area (Å²) in [5.41, 5.74) is 5.42. The molecular formula is C26H21F. The topological polar surface area (TPSA) is 0 Å². The van der Waals surface area contributed by atoms with E-state index in [0.717, 1.165) is 35.1 Å². The van der Waals surface area contributed by atoms with Crippen LogP contribution >= 0.6 is 0 Å². The molecule has 1 heteroatoms. The first kappa shape index (κ1) is 18.5. The minimum atomic E-state index is -0.282. The molecule has 3 aromatic rings. The van der Waals surface area contributed by atoms with E-state index in [2.05, 4.69) is 54.9 Å². The molecule has 0 aliphatic heterocycles. The van der Waals surface area contributed by atoms with Gasteiger partial charge in [-0.2, -0.15) is 0 Å². The molecule has 0 spiro atoms. The van der Waals surface area contributed by atoms with Gasteiger partial charge in [-0.05, 0) is 73.0 Å². The summed E-state index contributed by atoms with van der Waals surface area (Å²) < 4.78 is 13.8. The summed E-state index contributed by atoms with van der Waals surface area (Å²) in [5.74, 6) is 12.0. The van der Waals surface area contributed by atoms with Crippen molar-refractivity contribution in [1.29, 1.82) is 0 Å². The van der Waals surface area contributed by atoms with Gasteiger partial charge in [0, 0.05) is 16.7 Å². The lowest BCUT2D eigenvalue weighted by Crippen LogP contribution is -1.85. The standard InChI is InChI=1S/C26H21F/c1-3-4-21-6-8-22(9-7-21)10-11-23-12-14-24(15-13-23)16-18-25-17-5-20(2)19-26(25)27/h5-9,12-15,17,19H,3-4H2,1-2H3. The van der Waals surface area contributed by atoms with E-state index in [0.29, 0.717) is 5.56 Å². The van der Waals surface area contributed by atoms with Crippen LogP contribution in [0.4, 0.5) is 4.39 Å². The highest BCUT2D eigenvalue weighted by Crippen LogP contribution is 2.10. The average molecular weight is 352 g/mol. The van der Waals surface area contributed by atoms with E-state index in [1.54, 1.807) is 6.07 Å². The summed E-state index contributed by atoms with van der Waals surface area (Å²) in [6.07, 6.45) is 2.25. The van der Waals surface area contributed by atoms with Gasteiger partial charge in [-0.15, -0.1) is 0 Å². The summed E-state index contributed by atoms with van der Waals surface area (Å²) in [7, 11) is 0. The quantitative estimate of drug-likeness (QED) is 0.505. The van der Waals surface area contributed by atoms with Gasteiger partial charge in [-0.3, -0.25) is 0 Å². The molecule has 0 saturated carbocycles. The van der Waals surface area contributed by atoms with Crippen LogP contribution in [0.25, 0.3) is 0 Å². The number of hydrogen-bond donors (Lipinski definition) is 0. The van der Waals surface area contributed by atoms with E-state index in [1.165, 1.54) is 11.6 Å². The molecule has 0 bridgehead atoms. The Morgan fingerprint density at radius 3 is 1.74 bits per heavy atom. The largest absolute Gasteiger partial charge is 0.206 e. The number of benzene rings is 3. The lowest BCUT2D eigenvalue weighted by Gasteiger charge is -1.97. The summed E-state index contributed by atoms with van der Waals surface area (Å²) in [6, 6.07) is 21.2. The molecule has 3 rings (SSSR count). The Morgan fingerprint density at radius 1 is 0.704 bits per heavy atom. The van der Waals surface area contributed by atoms with Crippen molar-refractivity contribution in [3.63, 3.8) is 0 Å². The molecule has 0 aromatic heterocycles. The Hall–Kier alpha value is -3.29. The first-order chi connectivity index (χ1) is 13.1. The van der Waals surface area contributed by atoms with Crippen LogP contribution in [0.1, 0.15) is 46.7 Å². The highest BCUT2D eigenvalue weighted by atomic mass is 19.1. The first-order valence-corrected chi connectivity index (χ1v) is 9.13. The van der Waals surface area contributed by atoms with Crippen LogP contribution in [0.5, 0.6) is 0 Å². The van der Waals surface area contributed by atoms with Gasteiger partial charge in [0.25, 0.3) is 0 Å². The van der Waals surface area contributed by atoms with Crippen molar-refractivity contribution in [2.45, 2.75) is 26.7 Å². The number of hydrogen-bond acceptors (Lipinski definition) is 0. The molecule has 0 radical (unpaired) electrons. The molecule has 0 aliphatic carbocycles. The van der Waals surface area contributed by atoms with Gasteiger partial charge < -0.3 is 0 Å². The fourth-order valence-electron chi connectivity index (χ4n) is 2.69. The average Bonchev–Trinajstić information content (AvgIpc) is 2.68. The Morgan fingerprint density at radius 2 is 1.22 bits per heavy atom. The summed E-state index contributed by atoms with van der Waals surface area (Å²) in [6.45, 7) is 4.04. The van der Waals surface area contributed by atoms with Gasteiger partial charge in [-0.1, -0.05) is 55.2 Å². The van der Waals surface area contributed by atoms with E-state index in [4.69, 9.17) is 0 Å². The molecular weight excluding hydrogens is 331 g/mol. The van der Waals surface area contributed by atoms with Crippen LogP contribution < -0.4 is 0 Å². The van der Waals surface area contributed by atoms with Gasteiger partial charge in [0.1, 0.15) is 5.82 Å². The molecule has 0 aliphatic rings. The summed E-state index contributed by atoms with van der Waals surface area (Å²) in [4.78, 5) is 0. The zero-order valence-electron chi connectivity index (χ0n) is 15.6. The second kappa shape index (κ2) is 8.88. The third-order valence-corrected chi connectivity index (χ3v) is 4.19. The van der Waals surface area contributed by atoms with Crippen molar-refractivity contribution in [3.8, 4) is 23.7 Å². The number of rotatable bonds is 2. The predicted octanol–water partition coefficient (Wildman–Crippen LogP) is 5.89. The lowest BCUT2D eigenvalue weighted by atomic mass is 10.1. The molecule has 0 heterocycles. The van der Waals surface area contributed by atoms with Crippen molar-refractivity contribution in [3.05, 3.63) is 106 Å². The van der Waals surface area contributed by atoms with E-state index < -0.39 is 0 Å². The van der Waals surface area contributed by atoms with E-state index in [-0.39, 0.29) is 5.82 Å². The SMILES string of the molecule is CCCc1ccc(C#Cc2ccc(C#Cc3ccc(C)cc3F)cc2)cc1. The Kier molecular flexibility index (Phi) is 6.09. The van der Waals surface area contributed by atoms with Crippen molar-refractivity contribution < 1.29 is 4.39 Å². The van der Waals surface area contributed by atoms with Crippen LogP contribution in [-0.4, -0.2) is 0 Å². The van der Waals surface area contributed by atoms with Gasteiger partial charge >= 0.3 is 0 Å². The van der Waals surface area contributed by atoms with Gasteiger partial charge in [0.05, 0.1) is 5.56 Å². The van der Waals surface area contributed by atoms with Crippen molar-refractivity contribution >= 4 is 0 Å². The smallest absolute Gasteiger partial charge is 0.139 e.